The van der Waals surface area contributed by atoms with Crippen molar-refractivity contribution in [2.45, 2.75) is 26.3 Å². The average molecular weight is 195 g/mol. The maximum atomic E-state index is 13.3. The highest BCUT2D eigenvalue weighted by Crippen LogP contribution is 2.04. The van der Waals surface area contributed by atoms with Crippen LogP contribution < -0.4 is 5.73 Å². The highest BCUT2D eigenvalue weighted by Gasteiger charge is 2.05. The number of rotatable bonds is 3. The lowest BCUT2D eigenvalue weighted by Gasteiger charge is -1.93. The minimum atomic E-state index is -0.354. The Morgan fingerprint density at radius 1 is 1.64 bits per heavy atom. The van der Waals surface area contributed by atoms with Crippen LogP contribution in [0.4, 0.5) is 4.39 Å². The molecule has 1 rings (SSSR count). The Labute approximate surface area is 83.1 Å². The van der Waals surface area contributed by atoms with Gasteiger partial charge in [-0.3, -0.25) is 0 Å². The molecule has 0 radical (unpaired) electrons. The van der Waals surface area contributed by atoms with E-state index in [9.17, 15) is 4.39 Å². The number of unbranched alkanes of at least 4 members (excludes halogenated alkanes) is 1. The fourth-order valence-corrected chi connectivity index (χ4v) is 1.02. The molecule has 0 unspecified atom stereocenters. The van der Waals surface area contributed by atoms with Gasteiger partial charge in [-0.05, 0) is 19.9 Å². The maximum absolute atomic E-state index is 13.3. The lowest BCUT2D eigenvalue weighted by molar-refractivity contribution is 0.469. The number of hydrogen-bond donors (Lipinski definition) is 1. The SMILES string of the molecule is CCn1ncc(C#CCCCN)c1F. The molecule has 3 nitrogen and oxygen atoms in total. The highest BCUT2D eigenvalue weighted by atomic mass is 19.1. The van der Waals surface area contributed by atoms with Crippen molar-refractivity contribution in [3.63, 3.8) is 0 Å². The predicted octanol–water partition coefficient (Wildman–Crippen LogP) is 1.13. The summed E-state index contributed by atoms with van der Waals surface area (Å²) in [7, 11) is 0. The molecule has 0 aliphatic heterocycles. The van der Waals surface area contributed by atoms with Gasteiger partial charge in [0.05, 0.1) is 11.8 Å². The topological polar surface area (TPSA) is 43.8 Å². The van der Waals surface area contributed by atoms with Crippen molar-refractivity contribution < 1.29 is 4.39 Å². The first kappa shape index (κ1) is 10.7. The second-order valence-corrected chi connectivity index (χ2v) is 2.86. The molecule has 1 aromatic rings. The molecule has 0 amide bonds. The molecule has 76 valence electrons. The molecule has 0 aliphatic carbocycles. The van der Waals surface area contributed by atoms with Crippen molar-refractivity contribution in [3.8, 4) is 11.8 Å². The minimum absolute atomic E-state index is 0.354. The van der Waals surface area contributed by atoms with Gasteiger partial charge < -0.3 is 5.73 Å². The zero-order valence-electron chi connectivity index (χ0n) is 8.26. The van der Waals surface area contributed by atoms with Crippen LogP contribution >= 0.6 is 0 Å². The first-order chi connectivity index (χ1) is 6.79. The number of aromatic nitrogens is 2. The predicted molar refractivity (Wildman–Crippen MR) is 53.0 cm³/mol. The first-order valence-electron chi connectivity index (χ1n) is 4.69. The van der Waals surface area contributed by atoms with Crippen LogP contribution in [0.1, 0.15) is 25.3 Å². The standard InChI is InChI=1S/C10H14FN3/c1-2-14-10(11)9(8-13-14)6-4-3-5-7-12/h8H,2-3,5,7,12H2,1H3. The molecule has 0 fully saturated rings. The van der Waals surface area contributed by atoms with Crippen molar-refractivity contribution >= 4 is 0 Å². The fourth-order valence-electron chi connectivity index (χ4n) is 1.02. The third-order valence-electron chi connectivity index (χ3n) is 1.80. The third kappa shape index (κ3) is 2.57. The van der Waals surface area contributed by atoms with E-state index in [1.807, 2.05) is 6.92 Å². The normalized spacial score (nSPS) is 9.64. The molecule has 0 spiro atoms. The summed E-state index contributed by atoms with van der Waals surface area (Å²) in [6.45, 7) is 2.98. The first-order valence-corrected chi connectivity index (χ1v) is 4.69. The molecular formula is C10H14FN3. The minimum Gasteiger partial charge on any atom is -0.330 e. The van der Waals surface area contributed by atoms with E-state index >= 15 is 0 Å². The number of nitrogens with zero attached hydrogens (tertiary/aromatic N) is 2. The third-order valence-corrected chi connectivity index (χ3v) is 1.80. The van der Waals surface area contributed by atoms with Gasteiger partial charge >= 0.3 is 0 Å². The Hall–Kier alpha value is -1.34. The average Bonchev–Trinajstić information content (AvgIpc) is 2.55. The van der Waals surface area contributed by atoms with Gasteiger partial charge in [-0.15, -0.1) is 0 Å². The molecule has 0 atom stereocenters. The van der Waals surface area contributed by atoms with Gasteiger partial charge in [0.2, 0.25) is 5.95 Å². The van der Waals surface area contributed by atoms with Gasteiger partial charge in [-0.2, -0.15) is 9.49 Å². The zero-order chi connectivity index (χ0) is 10.4. The molecule has 1 aromatic heterocycles. The van der Waals surface area contributed by atoms with Crippen LogP contribution in [0.25, 0.3) is 0 Å². The fraction of sp³-hybridized carbons (Fsp3) is 0.500. The van der Waals surface area contributed by atoms with Crippen LogP contribution in [0.3, 0.4) is 0 Å². The maximum Gasteiger partial charge on any atom is 0.227 e. The Kier molecular flexibility index (Phi) is 4.14. The van der Waals surface area contributed by atoms with Crippen LogP contribution in [-0.2, 0) is 6.54 Å². The second-order valence-electron chi connectivity index (χ2n) is 2.86. The van der Waals surface area contributed by atoms with Crippen LogP contribution in [0.2, 0.25) is 0 Å². The summed E-state index contributed by atoms with van der Waals surface area (Å²) in [5, 5.41) is 3.85. The van der Waals surface area contributed by atoms with Crippen LogP contribution in [0, 0.1) is 17.8 Å². The van der Waals surface area contributed by atoms with E-state index in [4.69, 9.17) is 5.73 Å². The number of aryl methyl sites for hydroxylation is 1. The molecule has 2 N–H and O–H groups in total. The summed E-state index contributed by atoms with van der Waals surface area (Å²) < 4.78 is 14.6. The Morgan fingerprint density at radius 3 is 3.00 bits per heavy atom. The van der Waals surface area contributed by atoms with Gasteiger partial charge in [0.1, 0.15) is 0 Å². The van der Waals surface area contributed by atoms with Gasteiger partial charge in [0, 0.05) is 13.0 Å². The van der Waals surface area contributed by atoms with Gasteiger partial charge in [-0.1, -0.05) is 11.8 Å². The van der Waals surface area contributed by atoms with Gasteiger partial charge in [0.25, 0.3) is 0 Å². The number of hydrogen-bond acceptors (Lipinski definition) is 2. The lowest BCUT2D eigenvalue weighted by Crippen LogP contribution is -1.99. The molecule has 0 aromatic carbocycles. The summed E-state index contributed by atoms with van der Waals surface area (Å²) in [5.41, 5.74) is 5.67. The van der Waals surface area contributed by atoms with Crippen molar-refractivity contribution in [3.05, 3.63) is 17.7 Å². The van der Waals surface area contributed by atoms with Crippen molar-refractivity contribution in [2.24, 2.45) is 5.73 Å². The zero-order valence-corrected chi connectivity index (χ0v) is 8.26. The van der Waals surface area contributed by atoms with E-state index in [2.05, 4.69) is 16.9 Å². The van der Waals surface area contributed by atoms with Gasteiger partial charge in [0.15, 0.2) is 0 Å². The van der Waals surface area contributed by atoms with E-state index in [0.717, 1.165) is 6.42 Å². The quantitative estimate of drug-likeness (QED) is 0.580. The van der Waals surface area contributed by atoms with E-state index < -0.39 is 0 Å². The van der Waals surface area contributed by atoms with E-state index in [1.165, 1.54) is 10.9 Å². The molecule has 0 bridgehead atoms. The Bertz CT molecular complexity index is 346. The molecule has 1 heterocycles. The number of halogens is 1. The van der Waals surface area contributed by atoms with Gasteiger partial charge in [-0.25, -0.2) is 4.68 Å². The molecule has 14 heavy (non-hydrogen) atoms. The van der Waals surface area contributed by atoms with E-state index in [-0.39, 0.29) is 5.95 Å². The second kappa shape index (κ2) is 5.40. The monoisotopic (exact) mass is 195 g/mol. The molecule has 0 aliphatic rings. The number of nitrogens with two attached hydrogens (primary N) is 1. The summed E-state index contributed by atoms with van der Waals surface area (Å²) in [6.07, 6.45) is 3.00. The summed E-state index contributed by atoms with van der Waals surface area (Å²) in [4.78, 5) is 0. The smallest absolute Gasteiger partial charge is 0.227 e. The van der Waals surface area contributed by atoms with Crippen LogP contribution in [0.5, 0.6) is 0 Å². The molecule has 0 saturated heterocycles. The summed E-state index contributed by atoms with van der Waals surface area (Å²) in [5.74, 6) is 5.24. The lowest BCUT2D eigenvalue weighted by atomic mass is 10.3. The van der Waals surface area contributed by atoms with Crippen LogP contribution in [0.15, 0.2) is 6.20 Å². The van der Waals surface area contributed by atoms with Crippen LogP contribution in [-0.4, -0.2) is 16.3 Å². The molecule has 4 heteroatoms. The summed E-state index contributed by atoms with van der Waals surface area (Å²) >= 11 is 0. The molecule has 0 saturated carbocycles. The summed E-state index contributed by atoms with van der Waals surface area (Å²) in [6, 6.07) is 0. The van der Waals surface area contributed by atoms with Crippen molar-refractivity contribution in [1.82, 2.24) is 9.78 Å². The van der Waals surface area contributed by atoms with Crippen molar-refractivity contribution in [2.75, 3.05) is 6.54 Å². The Balaban J connectivity index is 2.65. The Morgan fingerprint density at radius 2 is 2.43 bits per heavy atom. The highest BCUT2D eigenvalue weighted by molar-refractivity contribution is 5.30. The van der Waals surface area contributed by atoms with E-state index in [0.29, 0.717) is 25.1 Å². The largest absolute Gasteiger partial charge is 0.330 e. The van der Waals surface area contributed by atoms with Crippen molar-refractivity contribution in [1.29, 1.82) is 0 Å². The van der Waals surface area contributed by atoms with E-state index in [1.54, 1.807) is 0 Å². The molecular weight excluding hydrogens is 181 g/mol.